The number of aromatic hydroxyl groups is 1. The van der Waals surface area contributed by atoms with Gasteiger partial charge in [0.15, 0.2) is 11.5 Å². The number of benzene rings is 1. The topological polar surface area (TPSA) is 69.4 Å². The van der Waals surface area contributed by atoms with E-state index in [1.54, 1.807) is 6.07 Å². The predicted octanol–water partition coefficient (Wildman–Crippen LogP) is 1.79. The van der Waals surface area contributed by atoms with Gasteiger partial charge in [-0.15, -0.1) is 0 Å². The molecule has 0 fully saturated rings. The van der Waals surface area contributed by atoms with Crippen LogP contribution in [0.15, 0.2) is 29.7 Å². The Morgan fingerprint density at radius 1 is 1.54 bits per heavy atom. The number of methoxy groups -OCH3 is 1. The van der Waals surface area contributed by atoms with Crippen LogP contribution in [0.25, 0.3) is 0 Å². The highest BCUT2D eigenvalue weighted by atomic mass is 32.2. The molecule has 0 saturated carbocycles. The van der Waals surface area contributed by atoms with Crippen LogP contribution in [0.2, 0.25) is 0 Å². The van der Waals surface area contributed by atoms with E-state index in [0.29, 0.717) is 18.0 Å². The van der Waals surface area contributed by atoms with Gasteiger partial charge in [0.05, 0.1) is 26.0 Å². The zero-order valence-corrected chi connectivity index (χ0v) is 14.9. The summed E-state index contributed by atoms with van der Waals surface area (Å²) in [7, 11) is 3.48. The number of thioether (sulfide) groups is 1. The number of hydrogen-bond acceptors (Lipinski definition) is 4. The van der Waals surface area contributed by atoms with Crippen molar-refractivity contribution in [2.75, 3.05) is 19.4 Å². The van der Waals surface area contributed by atoms with Gasteiger partial charge in [0.2, 0.25) is 5.91 Å². The molecule has 1 aliphatic heterocycles. The van der Waals surface area contributed by atoms with Crippen LogP contribution in [-0.2, 0) is 18.3 Å². The number of fused-ring (bicyclic) bond motifs is 1. The van der Waals surface area contributed by atoms with E-state index < -0.39 is 0 Å². The number of ether oxygens (including phenoxy) is 1. The average Bonchev–Trinajstić information content (AvgIpc) is 2.97. The number of nitrogens with one attached hydrogen (secondary N) is 1. The Kier molecular flexibility index (Phi) is 4.71. The molecule has 0 saturated heterocycles. The number of imidazole rings is 1. The Balaban J connectivity index is 1.74. The first-order chi connectivity index (χ1) is 11.5. The normalized spacial score (nSPS) is 16.8. The first-order valence-electron chi connectivity index (χ1n) is 7.86. The van der Waals surface area contributed by atoms with Crippen LogP contribution < -0.4 is 9.30 Å². The lowest BCUT2D eigenvalue weighted by molar-refractivity contribution is -0.708. The summed E-state index contributed by atoms with van der Waals surface area (Å²) in [6.07, 6.45) is 4.51. The summed E-state index contributed by atoms with van der Waals surface area (Å²) in [4.78, 5) is 17.7. The summed E-state index contributed by atoms with van der Waals surface area (Å²) in [6.45, 7) is 2.68. The molecule has 1 aliphatic rings. The molecule has 0 aliphatic carbocycles. The molecular formula is C17H22N3O3S+. The van der Waals surface area contributed by atoms with E-state index in [-0.39, 0.29) is 17.7 Å². The molecule has 1 aromatic heterocycles. The van der Waals surface area contributed by atoms with Crippen molar-refractivity contribution in [3.8, 4) is 11.5 Å². The fourth-order valence-corrected chi connectivity index (χ4v) is 3.93. The fraction of sp³-hybridized carbons (Fsp3) is 0.412. The third-order valence-corrected chi connectivity index (χ3v) is 5.53. The van der Waals surface area contributed by atoms with E-state index in [0.717, 1.165) is 22.7 Å². The second kappa shape index (κ2) is 6.76. The summed E-state index contributed by atoms with van der Waals surface area (Å²) < 4.78 is 7.16. The molecule has 0 radical (unpaired) electrons. The maximum Gasteiger partial charge on any atom is 0.316 e. The predicted molar refractivity (Wildman–Crippen MR) is 91.2 cm³/mol. The van der Waals surface area contributed by atoms with Gasteiger partial charge < -0.3 is 14.7 Å². The van der Waals surface area contributed by atoms with Crippen molar-refractivity contribution in [2.45, 2.75) is 24.5 Å². The second-order valence-corrected chi connectivity index (χ2v) is 6.86. The number of rotatable bonds is 4. The van der Waals surface area contributed by atoms with Crippen molar-refractivity contribution in [3.63, 3.8) is 0 Å². The summed E-state index contributed by atoms with van der Waals surface area (Å²) in [5, 5.41) is 10.9. The Labute approximate surface area is 145 Å². The molecule has 2 aromatic rings. The third-order valence-electron chi connectivity index (χ3n) is 4.46. The van der Waals surface area contributed by atoms with Crippen molar-refractivity contribution in [1.82, 2.24) is 9.88 Å². The van der Waals surface area contributed by atoms with E-state index in [2.05, 4.69) is 4.98 Å². The highest BCUT2D eigenvalue weighted by molar-refractivity contribution is 7.99. The number of phenolic OH excluding ortho intramolecular Hbond substituents is 1. The van der Waals surface area contributed by atoms with E-state index in [1.165, 1.54) is 18.9 Å². The highest BCUT2D eigenvalue weighted by Gasteiger charge is 2.29. The quantitative estimate of drug-likeness (QED) is 0.653. The molecule has 1 unspecified atom stereocenters. The van der Waals surface area contributed by atoms with E-state index >= 15 is 0 Å². The van der Waals surface area contributed by atoms with Crippen molar-refractivity contribution in [1.29, 1.82) is 0 Å². The van der Waals surface area contributed by atoms with Gasteiger partial charge >= 0.3 is 5.16 Å². The second-order valence-electron chi connectivity index (χ2n) is 5.90. The van der Waals surface area contributed by atoms with Crippen LogP contribution in [0.4, 0.5) is 0 Å². The molecule has 3 rings (SSSR count). The Hall–Kier alpha value is -2.15. The molecule has 7 heteroatoms. The number of carbonyl (C=O) groups is 1. The van der Waals surface area contributed by atoms with Crippen molar-refractivity contribution >= 4 is 17.7 Å². The van der Waals surface area contributed by atoms with Crippen LogP contribution in [0, 0.1) is 0 Å². The molecular weight excluding hydrogens is 326 g/mol. The summed E-state index contributed by atoms with van der Waals surface area (Å²) in [6, 6.07) is 3.56. The maximum atomic E-state index is 12.6. The molecule has 0 spiro atoms. The lowest BCUT2D eigenvalue weighted by Crippen LogP contribution is -2.40. The average molecular weight is 348 g/mol. The summed E-state index contributed by atoms with van der Waals surface area (Å²) in [5.74, 6) is 1.10. The number of nitrogens with zero attached hydrogens (tertiary/aromatic N) is 2. The van der Waals surface area contributed by atoms with Crippen LogP contribution in [-0.4, -0.2) is 40.3 Å². The van der Waals surface area contributed by atoms with Crippen LogP contribution in [0.3, 0.4) is 0 Å². The van der Waals surface area contributed by atoms with Crippen molar-refractivity contribution < 1.29 is 19.2 Å². The van der Waals surface area contributed by atoms with E-state index in [9.17, 15) is 9.90 Å². The van der Waals surface area contributed by atoms with Crippen LogP contribution >= 0.6 is 11.8 Å². The van der Waals surface area contributed by atoms with E-state index in [1.807, 2.05) is 41.9 Å². The smallest absolute Gasteiger partial charge is 0.316 e. The number of hydrogen-bond donors (Lipinski definition) is 2. The minimum absolute atomic E-state index is 0.0336. The number of phenols is 1. The highest BCUT2D eigenvalue weighted by Crippen LogP contribution is 2.37. The molecule has 128 valence electrons. The van der Waals surface area contributed by atoms with Crippen LogP contribution in [0.1, 0.15) is 24.1 Å². The van der Waals surface area contributed by atoms with Gasteiger partial charge in [-0.05, 0) is 48.4 Å². The minimum atomic E-state index is -0.0336. The molecule has 1 amide bonds. The van der Waals surface area contributed by atoms with Gasteiger partial charge in [-0.2, -0.15) is 0 Å². The van der Waals surface area contributed by atoms with Crippen molar-refractivity contribution in [3.05, 3.63) is 35.7 Å². The van der Waals surface area contributed by atoms with Crippen molar-refractivity contribution in [2.24, 2.45) is 7.05 Å². The number of amides is 1. The zero-order chi connectivity index (χ0) is 17.3. The Bertz CT molecular complexity index is 760. The Morgan fingerprint density at radius 3 is 3.00 bits per heavy atom. The lowest BCUT2D eigenvalue weighted by Gasteiger charge is -2.35. The van der Waals surface area contributed by atoms with Gasteiger partial charge in [-0.1, -0.05) is 0 Å². The fourth-order valence-electron chi connectivity index (χ4n) is 3.09. The molecule has 0 bridgehead atoms. The molecule has 2 N–H and O–H groups in total. The van der Waals surface area contributed by atoms with Crippen LogP contribution in [0.5, 0.6) is 11.5 Å². The molecule has 1 atom stereocenters. The summed E-state index contributed by atoms with van der Waals surface area (Å²) in [5.41, 5.74) is 2.12. The lowest BCUT2D eigenvalue weighted by atomic mass is 9.93. The number of aryl methyl sites for hydroxylation is 1. The third kappa shape index (κ3) is 3.08. The SMILES string of the molecule is COc1cc2c(cc1O)CCN(C(=O)CSc1[nH]cc[n+]1C)C2C. The summed E-state index contributed by atoms with van der Waals surface area (Å²) >= 11 is 1.50. The number of aromatic amines is 1. The molecule has 2 heterocycles. The molecule has 6 nitrogen and oxygen atoms in total. The van der Waals surface area contributed by atoms with Gasteiger partial charge in [-0.3, -0.25) is 4.79 Å². The van der Waals surface area contributed by atoms with E-state index in [4.69, 9.17) is 4.74 Å². The van der Waals surface area contributed by atoms with Gasteiger partial charge in [0, 0.05) is 6.54 Å². The largest absolute Gasteiger partial charge is 0.504 e. The minimum Gasteiger partial charge on any atom is -0.504 e. The zero-order valence-electron chi connectivity index (χ0n) is 14.1. The number of aromatic nitrogens is 2. The number of carbonyl (C=O) groups excluding carboxylic acids is 1. The Morgan fingerprint density at radius 2 is 2.33 bits per heavy atom. The first-order valence-corrected chi connectivity index (χ1v) is 8.85. The van der Waals surface area contributed by atoms with Gasteiger partial charge in [0.1, 0.15) is 12.4 Å². The first kappa shape index (κ1) is 16.7. The standard InChI is InChI=1S/C17H21N3O3S/c1-11-13-9-15(23-3)14(21)8-12(13)4-6-20(11)16(22)10-24-17-18-5-7-19(17)2/h5,7-9,11,21H,4,6,10H2,1-3H3/p+1. The maximum absolute atomic E-state index is 12.6. The van der Waals surface area contributed by atoms with Gasteiger partial charge in [-0.25, -0.2) is 9.55 Å². The number of H-pyrrole nitrogens is 1. The molecule has 1 aromatic carbocycles. The molecule has 24 heavy (non-hydrogen) atoms. The van der Waals surface area contributed by atoms with Gasteiger partial charge in [0.25, 0.3) is 0 Å². The monoisotopic (exact) mass is 348 g/mol.